The molecule has 138 valence electrons. The number of carbonyl (C=O) groups excluding carboxylic acids is 3. The van der Waals surface area contributed by atoms with E-state index in [9.17, 15) is 27.6 Å². The highest BCUT2D eigenvalue weighted by molar-refractivity contribution is 5.95. The van der Waals surface area contributed by atoms with E-state index in [1.165, 1.54) is 12.1 Å². The maximum Gasteiger partial charge on any atom is 0.418 e. The Kier molecular flexibility index (Phi) is 7.37. The van der Waals surface area contributed by atoms with Gasteiger partial charge in [-0.1, -0.05) is 12.1 Å². The van der Waals surface area contributed by atoms with Crippen molar-refractivity contribution in [3.05, 3.63) is 29.8 Å². The van der Waals surface area contributed by atoms with Crippen LogP contribution in [0.1, 0.15) is 12.5 Å². The third-order valence-corrected chi connectivity index (χ3v) is 3.20. The molecule has 0 spiro atoms. The van der Waals surface area contributed by atoms with Crippen molar-refractivity contribution in [1.29, 1.82) is 0 Å². The van der Waals surface area contributed by atoms with Crippen molar-refractivity contribution < 1.29 is 27.6 Å². The fourth-order valence-electron chi connectivity index (χ4n) is 1.94. The van der Waals surface area contributed by atoms with E-state index in [0.29, 0.717) is 0 Å². The molecule has 0 atom stereocenters. The van der Waals surface area contributed by atoms with Gasteiger partial charge in [0.15, 0.2) is 0 Å². The number of rotatable bonds is 7. The maximum absolute atomic E-state index is 12.9. The minimum Gasteiger partial charge on any atom is -0.346 e. The van der Waals surface area contributed by atoms with Crippen molar-refractivity contribution in [2.45, 2.75) is 13.1 Å². The van der Waals surface area contributed by atoms with Gasteiger partial charge in [-0.05, 0) is 19.1 Å². The van der Waals surface area contributed by atoms with Crippen LogP contribution in [0.4, 0.5) is 18.9 Å². The highest BCUT2D eigenvalue weighted by Crippen LogP contribution is 2.34. The number of benzene rings is 1. The van der Waals surface area contributed by atoms with Crippen molar-refractivity contribution in [3.8, 4) is 0 Å². The largest absolute Gasteiger partial charge is 0.418 e. The van der Waals surface area contributed by atoms with Gasteiger partial charge >= 0.3 is 6.18 Å². The van der Waals surface area contributed by atoms with Crippen molar-refractivity contribution in [1.82, 2.24) is 10.2 Å². The molecule has 1 aromatic rings. The van der Waals surface area contributed by atoms with Crippen LogP contribution in [0.2, 0.25) is 0 Å². The predicted octanol–water partition coefficient (Wildman–Crippen LogP) is 0.567. The maximum atomic E-state index is 12.9. The van der Waals surface area contributed by atoms with Crippen LogP contribution in [-0.4, -0.2) is 48.8 Å². The van der Waals surface area contributed by atoms with Gasteiger partial charge in [0, 0.05) is 6.54 Å². The van der Waals surface area contributed by atoms with Crippen LogP contribution >= 0.6 is 0 Å². The van der Waals surface area contributed by atoms with Crippen LogP contribution in [0.25, 0.3) is 0 Å². The van der Waals surface area contributed by atoms with Crippen LogP contribution < -0.4 is 16.4 Å². The van der Waals surface area contributed by atoms with Crippen molar-refractivity contribution in [2.24, 2.45) is 5.73 Å². The average Bonchev–Trinajstić information content (AvgIpc) is 2.56. The SMILES string of the molecule is CCN(CC(=O)Nc1ccccc1C(F)(F)F)C(=O)CNC(=O)CN. The molecule has 1 aromatic carbocycles. The summed E-state index contributed by atoms with van der Waals surface area (Å²) < 4.78 is 38.7. The molecule has 0 saturated carbocycles. The molecule has 0 fully saturated rings. The van der Waals surface area contributed by atoms with Gasteiger partial charge in [0.25, 0.3) is 0 Å². The fraction of sp³-hybridized carbons (Fsp3) is 0.400. The molecular formula is C15H19F3N4O3. The molecule has 1 rings (SSSR count). The zero-order valence-electron chi connectivity index (χ0n) is 13.5. The van der Waals surface area contributed by atoms with Gasteiger partial charge in [0.1, 0.15) is 0 Å². The summed E-state index contributed by atoms with van der Waals surface area (Å²) in [6, 6.07) is 4.54. The Morgan fingerprint density at radius 3 is 2.36 bits per heavy atom. The summed E-state index contributed by atoms with van der Waals surface area (Å²) in [5.74, 6) is -1.87. The first-order valence-electron chi connectivity index (χ1n) is 7.39. The monoisotopic (exact) mass is 360 g/mol. The van der Waals surface area contributed by atoms with Crippen LogP contribution in [0.5, 0.6) is 0 Å². The van der Waals surface area contributed by atoms with E-state index in [2.05, 4.69) is 10.6 Å². The normalized spacial score (nSPS) is 10.9. The zero-order valence-corrected chi connectivity index (χ0v) is 13.5. The van der Waals surface area contributed by atoms with E-state index >= 15 is 0 Å². The molecule has 0 radical (unpaired) electrons. The lowest BCUT2D eigenvalue weighted by Gasteiger charge is -2.21. The summed E-state index contributed by atoms with van der Waals surface area (Å²) in [7, 11) is 0. The second-order valence-electron chi connectivity index (χ2n) is 4.98. The number of hydrogen-bond donors (Lipinski definition) is 3. The van der Waals surface area contributed by atoms with Gasteiger partial charge < -0.3 is 21.3 Å². The quantitative estimate of drug-likeness (QED) is 0.661. The number of alkyl halides is 3. The first-order valence-corrected chi connectivity index (χ1v) is 7.39. The Hall–Kier alpha value is -2.62. The number of nitrogens with two attached hydrogens (primary N) is 1. The smallest absolute Gasteiger partial charge is 0.346 e. The Balaban J connectivity index is 2.72. The Morgan fingerprint density at radius 2 is 1.80 bits per heavy atom. The Bertz CT molecular complexity index is 635. The summed E-state index contributed by atoms with van der Waals surface area (Å²) in [6.45, 7) is 0.662. The highest BCUT2D eigenvalue weighted by atomic mass is 19.4. The van der Waals surface area contributed by atoms with E-state index < -0.39 is 36.0 Å². The van der Waals surface area contributed by atoms with Crippen LogP contribution in [0.3, 0.4) is 0 Å². The number of amides is 3. The minimum absolute atomic E-state index is 0.145. The molecule has 25 heavy (non-hydrogen) atoms. The molecule has 0 aliphatic rings. The summed E-state index contributed by atoms with van der Waals surface area (Å²) in [4.78, 5) is 36.0. The molecular weight excluding hydrogens is 341 g/mol. The fourth-order valence-corrected chi connectivity index (χ4v) is 1.94. The first-order chi connectivity index (χ1) is 11.7. The lowest BCUT2D eigenvalue weighted by molar-refractivity contribution is -0.137. The number of likely N-dealkylation sites (N-methyl/N-ethyl adjacent to an activating group) is 1. The van der Waals surface area contributed by atoms with Gasteiger partial charge in [0.2, 0.25) is 17.7 Å². The zero-order chi connectivity index (χ0) is 19.0. The topological polar surface area (TPSA) is 105 Å². The van der Waals surface area contributed by atoms with Crippen LogP contribution in [0, 0.1) is 0 Å². The lowest BCUT2D eigenvalue weighted by atomic mass is 10.1. The van der Waals surface area contributed by atoms with E-state index in [1.807, 2.05) is 0 Å². The second-order valence-corrected chi connectivity index (χ2v) is 4.98. The van der Waals surface area contributed by atoms with E-state index in [-0.39, 0.29) is 25.3 Å². The predicted molar refractivity (Wildman–Crippen MR) is 84.4 cm³/mol. The van der Waals surface area contributed by atoms with Gasteiger partial charge in [-0.15, -0.1) is 0 Å². The molecule has 7 nitrogen and oxygen atoms in total. The third-order valence-electron chi connectivity index (χ3n) is 3.20. The highest BCUT2D eigenvalue weighted by Gasteiger charge is 2.33. The number of nitrogens with zero attached hydrogens (tertiary/aromatic N) is 1. The van der Waals surface area contributed by atoms with Gasteiger partial charge in [-0.2, -0.15) is 13.2 Å². The molecule has 0 bridgehead atoms. The number of para-hydroxylation sites is 1. The molecule has 0 aromatic heterocycles. The summed E-state index contributed by atoms with van der Waals surface area (Å²) >= 11 is 0. The van der Waals surface area contributed by atoms with Gasteiger partial charge in [-0.25, -0.2) is 0 Å². The van der Waals surface area contributed by atoms with Crippen molar-refractivity contribution in [3.63, 3.8) is 0 Å². The van der Waals surface area contributed by atoms with E-state index in [1.54, 1.807) is 6.92 Å². The molecule has 4 N–H and O–H groups in total. The number of halogens is 3. The number of nitrogens with one attached hydrogen (secondary N) is 2. The Morgan fingerprint density at radius 1 is 1.16 bits per heavy atom. The molecule has 3 amide bonds. The van der Waals surface area contributed by atoms with Gasteiger partial charge in [-0.3, -0.25) is 14.4 Å². The summed E-state index contributed by atoms with van der Waals surface area (Å²) in [5, 5.41) is 4.42. The van der Waals surface area contributed by atoms with E-state index in [0.717, 1.165) is 17.0 Å². The molecule has 0 aliphatic carbocycles. The first kappa shape index (κ1) is 20.4. The number of carbonyl (C=O) groups is 3. The lowest BCUT2D eigenvalue weighted by Crippen LogP contribution is -2.44. The van der Waals surface area contributed by atoms with Crippen LogP contribution in [0.15, 0.2) is 24.3 Å². The average molecular weight is 360 g/mol. The third kappa shape index (κ3) is 6.42. The van der Waals surface area contributed by atoms with Crippen molar-refractivity contribution in [2.75, 3.05) is 31.5 Å². The van der Waals surface area contributed by atoms with Crippen molar-refractivity contribution >= 4 is 23.4 Å². The number of anilines is 1. The van der Waals surface area contributed by atoms with Crippen LogP contribution in [-0.2, 0) is 20.6 Å². The van der Waals surface area contributed by atoms with Gasteiger partial charge in [0.05, 0.1) is 30.9 Å². The summed E-state index contributed by atoms with van der Waals surface area (Å²) in [5.41, 5.74) is 3.72. The second kappa shape index (κ2) is 9.02. The Labute approximate surface area is 142 Å². The number of hydrogen-bond acceptors (Lipinski definition) is 4. The molecule has 0 aliphatic heterocycles. The minimum atomic E-state index is -4.61. The summed E-state index contributed by atoms with van der Waals surface area (Å²) in [6.07, 6.45) is -4.61. The van der Waals surface area contributed by atoms with E-state index in [4.69, 9.17) is 5.73 Å². The standard InChI is InChI=1S/C15H19F3N4O3/c1-2-22(14(25)8-20-12(23)7-19)9-13(24)21-11-6-4-3-5-10(11)15(16,17)18/h3-6H,2,7-9,19H2,1H3,(H,20,23)(H,21,24). The molecule has 10 heteroatoms. The molecule has 0 heterocycles. The molecule has 0 unspecified atom stereocenters. The molecule has 0 saturated heterocycles.